The second-order valence-electron chi connectivity index (χ2n) is 6.03. The number of rotatable bonds is 16. The molecule has 21 heavy (non-hydrogen) atoms. The van der Waals surface area contributed by atoms with Crippen LogP contribution >= 0.6 is 0 Å². The van der Waals surface area contributed by atoms with Gasteiger partial charge in [-0.2, -0.15) is 0 Å². The molecule has 0 heterocycles. The molecule has 0 aliphatic heterocycles. The van der Waals surface area contributed by atoms with E-state index in [9.17, 15) is 4.79 Å². The number of carbonyl (C=O) groups excluding carboxylic acids is 1. The summed E-state index contributed by atoms with van der Waals surface area (Å²) in [6, 6.07) is 0. The number of hydrogen-bond donors (Lipinski definition) is 2. The minimum Gasteiger partial charge on any atom is -0.356 e. The molecule has 0 radical (unpaired) electrons. The molecule has 0 fully saturated rings. The number of nitrogens with one attached hydrogen (secondary N) is 2. The Balaban J connectivity index is 3.09. The summed E-state index contributed by atoms with van der Waals surface area (Å²) in [6.45, 7) is 7.06. The summed E-state index contributed by atoms with van der Waals surface area (Å²) in [4.78, 5) is 11.5. The fraction of sp³-hybridized carbons (Fsp3) is 0.944. The van der Waals surface area contributed by atoms with E-state index in [0.29, 0.717) is 6.42 Å². The summed E-state index contributed by atoms with van der Waals surface area (Å²) in [6.07, 6.45) is 15.1. The Labute approximate surface area is 132 Å². The molecule has 0 aliphatic rings. The van der Waals surface area contributed by atoms with Gasteiger partial charge in [0.2, 0.25) is 5.91 Å². The second kappa shape index (κ2) is 17.5. The SMILES string of the molecule is CCCCCCCCCCCCNC(=O)CCNCCC. The van der Waals surface area contributed by atoms with Gasteiger partial charge in [-0.05, 0) is 19.4 Å². The smallest absolute Gasteiger partial charge is 0.221 e. The summed E-state index contributed by atoms with van der Waals surface area (Å²) in [5.41, 5.74) is 0. The first-order chi connectivity index (χ1) is 10.3. The molecule has 3 nitrogen and oxygen atoms in total. The molecule has 0 aliphatic carbocycles. The van der Waals surface area contributed by atoms with Gasteiger partial charge in [0.05, 0.1) is 0 Å². The van der Waals surface area contributed by atoms with E-state index in [2.05, 4.69) is 24.5 Å². The lowest BCUT2D eigenvalue weighted by Crippen LogP contribution is -2.28. The largest absolute Gasteiger partial charge is 0.356 e. The van der Waals surface area contributed by atoms with Gasteiger partial charge in [0.15, 0.2) is 0 Å². The molecule has 3 heteroatoms. The molecule has 2 N–H and O–H groups in total. The first-order valence-electron chi connectivity index (χ1n) is 9.28. The molecule has 0 rings (SSSR count). The summed E-state index contributed by atoms with van der Waals surface area (Å²) in [5.74, 6) is 0.189. The van der Waals surface area contributed by atoms with Crippen molar-refractivity contribution < 1.29 is 4.79 Å². The third-order valence-corrected chi connectivity index (χ3v) is 3.81. The minimum atomic E-state index is 0.189. The predicted molar refractivity (Wildman–Crippen MR) is 92.6 cm³/mol. The van der Waals surface area contributed by atoms with Gasteiger partial charge in [-0.1, -0.05) is 71.6 Å². The normalized spacial score (nSPS) is 10.8. The van der Waals surface area contributed by atoms with E-state index in [4.69, 9.17) is 0 Å². The standard InChI is InChI=1S/C18H38N2O/c1-3-5-6-7-8-9-10-11-12-13-16-20-18(21)14-17-19-15-4-2/h19H,3-17H2,1-2H3,(H,20,21). The van der Waals surface area contributed by atoms with Crippen LogP contribution in [0.15, 0.2) is 0 Å². The van der Waals surface area contributed by atoms with Gasteiger partial charge in [-0.15, -0.1) is 0 Å². The molecule has 0 aromatic carbocycles. The first kappa shape index (κ1) is 20.4. The Morgan fingerprint density at radius 2 is 1.24 bits per heavy atom. The van der Waals surface area contributed by atoms with Gasteiger partial charge in [0.1, 0.15) is 0 Å². The quantitative estimate of drug-likeness (QED) is 0.414. The van der Waals surface area contributed by atoms with Gasteiger partial charge in [-0.25, -0.2) is 0 Å². The fourth-order valence-corrected chi connectivity index (χ4v) is 2.43. The Hall–Kier alpha value is -0.570. The van der Waals surface area contributed by atoms with Crippen molar-refractivity contribution in [1.29, 1.82) is 0 Å². The molecule has 0 aromatic rings. The number of hydrogen-bond acceptors (Lipinski definition) is 2. The molecular formula is C18H38N2O. The van der Waals surface area contributed by atoms with Crippen LogP contribution in [0.4, 0.5) is 0 Å². The maximum absolute atomic E-state index is 11.5. The first-order valence-corrected chi connectivity index (χ1v) is 9.28. The summed E-state index contributed by atoms with van der Waals surface area (Å²) < 4.78 is 0. The van der Waals surface area contributed by atoms with E-state index in [-0.39, 0.29) is 5.91 Å². The van der Waals surface area contributed by atoms with Crippen molar-refractivity contribution in [2.45, 2.75) is 90.9 Å². The minimum absolute atomic E-state index is 0.189. The average Bonchev–Trinajstić information content (AvgIpc) is 2.49. The fourth-order valence-electron chi connectivity index (χ4n) is 2.43. The number of carbonyl (C=O) groups is 1. The molecule has 0 spiro atoms. The highest BCUT2D eigenvalue weighted by atomic mass is 16.1. The lowest BCUT2D eigenvalue weighted by Gasteiger charge is -2.06. The molecule has 0 saturated heterocycles. The molecule has 126 valence electrons. The van der Waals surface area contributed by atoms with Crippen molar-refractivity contribution in [2.24, 2.45) is 0 Å². The lowest BCUT2D eigenvalue weighted by atomic mass is 10.1. The molecular weight excluding hydrogens is 260 g/mol. The van der Waals surface area contributed by atoms with E-state index in [1.54, 1.807) is 0 Å². The third-order valence-electron chi connectivity index (χ3n) is 3.81. The summed E-state index contributed by atoms with van der Waals surface area (Å²) in [7, 11) is 0. The van der Waals surface area contributed by atoms with Gasteiger partial charge in [-0.3, -0.25) is 4.79 Å². The van der Waals surface area contributed by atoms with Gasteiger partial charge >= 0.3 is 0 Å². The maximum atomic E-state index is 11.5. The van der Waals surface area contributed by atoms with E-state index >= 15 is 0 Å². The maximum Gasteiger partial charge on any atom is 0.221 e. The summed E-state index contributed by atoms with van der Waals surface area (Å²) >= 11 is 0. The predicted octanol–water partition coefficient (Wildman–Crippen LogP) is 4.41. The van der Waals surface area contributed by atoms with Crippen LogP contribution in [0.5, 0.6) is 0 Å². The molecule has 0 aromatic heterocycles. The average molecular weight is 299 g/mol. The summed E-state index contributed by atoms with van der Waals surface area (Å²) in [5, 5.41) is 6.25. The van der Waals surface area contributed by atoms with Crippen LogP contribution < -0.4 is 10.6 Å². The van der Waals surface area contributed by atoms with Crippen LogP contribution in [0, 0.1) is 0 Å². The van der Waals surface area contributed by atoms with Crippen molar-refractivity contribution in [2.75, 3.05) is 19.6 Å². The van der Waals surface area contributed by atoms with Gasteiger partial charge < -0.3 is 10.6 Å². The van der Waals surface area contributed by atoms with Crippen molar-refractivity contribution in [3.8, 4) is 0 Å². The van der Waals surface area contributed by atoms with Crippen LogP contribution in [0.3, 0.4) is 0 Å². The zero-order valence-corrected chi connectivity index (χ0v) is 14.5. The highest BCUT2D eigenvalue weighted by molar-refractivity contribution is 5.75. The van der Waals surface area contributed by atoms with Crippen LogP contribution in [-0.4, -0.2) is 25.5 Å². The molecule has 0 unspecified atom stereocenters. The van der Waals surface area contributed by atoms with E-state index in [0.717, 1.165) is 32.5 Å². The Morgan fingerprint density at radius 3 is 1.81 bits per heavy atom. The topological polar surface area (TPSA) is 41.1 Å². The van der Waals surface area contributed by atoms with Crippen molar-refractivity contribution >= 4 is 5.91 Å². The van der Waals surface area contributed by atoms with Crippen LogP contribution in [0.2, 0.25) is 0 Å². The Morgan fingerprint density at radius 1 is 0.667 bits per heavy atom. The van der Waals surface area contributed by atoms with E-state index in [1.807, 2.05) is 0 Å². The van der Waals surface area contributed by atoms with Crippen molar-refractivity contribution in [3.05, 3.63) is 0 Å². The Kier molecular flexibility index (Phi) is 17.0. The zero-order chi connectivity index (χ0) is 15.6. The highest BCUT2D eigenvalue weighted by Gasteiger charge is 1.99. The van der Waals surface area contributed by atoms with E-state index in [1.165, 1.54) is 57.8 Å². The van der Waals surface area contributed by atoms with Crippen LogP contribution in [0.1, 0.15) is 90.9 Å². The van der Waals surface area contributed by atoms with Crippen molar-refractivity contribution in [1.82, 2.24) is 10.6 Å². The van der Waals surface area contributed by atoms with Gasteiger partial charge in [0, 0.05) is 19.5 Å². The van der Waals surface area contributed by atoms with Crippen LogP contribution in [0.25, 0.3) is 0 Å². The molecule has 1 amide bonds. The molecule has 0 saturated carbocycles. The van der Waals surface area contributed by atoms with Gasteiger partial charge in [0.25, 0.3) is 0 Å². The number of amides is 1. The molecule has 0 atom stereocenters. The van der Waals surface area contributed by atoms with Crippen molar-refractivity contribution in [3.63, 3.8) is 0 Å². The highest BCUT2D eigenvalue weighted by Crippen LogP contribution is 2.10. The molecule has 0 bridgehead atoms. The monoisotopic (exact) mass is 298 g/mol. The number of unbranched alkanes of at least 4 members (excludes halogenated alkanes) is 9. The Bertz CT molecular complexity index is 219. The lowest BCUT2D eigenvalue weighted by molar-refractivity contribution is -0.121. The third kappa shape index (κ3) is 17.4. The van der Waals surface area contributed by atoms with Crippen LogP contribution in [-0.2, 0) is 4.79 Å². The second-order valence-corrected chi connectivity index (χ2v) is 6.03. The van der Waals surface area contributed by atoms with E-state index < -0.39 is 0 Å². The zero-order valence-electron chi connectivity index (χ0n) is 14.5.